The monoisotopic (exact) mass is 252 g/mol. The molecule has 1 atom stereocenters. The van der Waals surface area contributed by atoms with Gasteiger partial charge in [0.1, 0.15) is 5.69 Å². The van der Waals surface area contributed by atoms with Crippen LogP contribution in [0.1, 0.15) is 35.9 Å². The maximum Gasteiger partial charge on any atom is 0.354 e. The average Bonchev–Trinajstić information content (AvgIpc) is 2.38. The molecule has 0 amide bonds. The number of carboxylic acids is 1. The van der Waals surface area contributed by atoms with Gasteiger partial charge < -0.3 is 15.5 Å². The van der Waals surface area contributed by atoms with Crippen LogP contribution in [0.5, 0.6) is 0 Å². The van der Waals surface area contributed by atoms with Crippen molar-refractivity contribution in [2.24, 2.45) is 5.92 Å². The highest BCUT2D eigenvalue weighted by atomic mass is 16.4. The van der Waals surface area contributed by atoms with Crippen LogP contribution < -0.4 is 5.32 Å². The molecule has 0 fully saturated rings. The van der Waals surface area contributed by atoms with Gasteiger partial charge in [-0.2, -0.15) is 0 Å². The zero-order chi connectivity index (χ0) is 13.4. The third-order valence-electron chi connectivity index (χ3n) is 2.88. The van der Waals surface area contributed by atoms with Crippen LogP contribution in [0, 0.1) is 5.92 Å². The van der Waals surface area contributed by atoms with Crippen LogP contribution in [0.25, 0.3) is 0 Å². The normalized spacial score (nSPS) is 12.3. The number of pyridine rings is 1. The summed E-state index contributed by atoms with van der Waals surface area (Å²) in [6.07, 6.45) is 1.79. The summed E-state index contributed by atoms with van der Waals surface area (Å²) in [7, 11) is 0. The minimum Gasteiger partial charge on any atom is -0.477 e. The highest BCUT2D eigenvalue weighted by Crippen LogP contribution is 2.06. The number of carbonyl (C=O) groups is 1. The van der Waals surface area contributed by atoms with Gasteiger partial charge in [0.15, 0.2) is 0 Å². The third-order valence-corrected chi connectivity index (χ3v) is 2.88. The summed E-state index contributed by atoms with van der Waals surface area (Å²) in [5.74, 6) is -0.568. The maximum atomic E-state index is 10.8. The fraction of sp³-hybridized carbons (Fsp3) is 0.538. The largest absolute Gasteiger partial charge is 0.477 e. The quantitative estimate of drug-likeness (QED) is 0.649. The SMILES string of the molecule is CCC(CCO)CNCc1cccc(C(=O)O)n1. The lowest BCUT2D eigenvalue weighted by atomic mass is 10.0. The number of aromatic nitrogens is 1. The first-order valence-electron chi connectivity index (χ1n) is 6.18. The Balaban J connectivity index is 2.43. The highest BCUT2D eigenvalue weighted by molar-refractivity contribution is 5.85. The van der Waals surface area contributed by atoms with Gasteiger partial charge in [0.2, 0.25) is 0 Å². The molecular formula is C13H20N2O3. The molecule has 0 saturated heterocycles. The molecule has 100 valence electrons. The van der Waals surface area contributed by atoms with Crippen LogP contribution in [0.15, 0.2) is 18.2 Å². The van der Waals surface area contributed by atoms with E-state index in [2.05, 4.69) is 17.2 Å². The van der Waals surface area contributed by atoms with Gasteiger partial charge in [-0.15, -0.1) is 0 Å². The van der Waals surface area contributed by atoms with E-state index in [-0.39, 0.29) is 12.3 Å². The van der Waals surface area contributed by atoms with Gasteiger partial charge in [0.25, 0.3) is 0 Å². The van der Waals surface area contributed by atoms with E-state index in [0.29, 0.717) is 18.2 Å². The Bertz CT molecular complexity index is 382. The molecule has 1 aromatic rings. The predicted octanol–water partition coefficient (Wildman–Crippen LogP) is 1.28. The van der Waals surface area contributed by atoms with Gasteiger partial charge in [-0.05, 0) is 31.0 Å². The molecule has 0 aliphatic heterocycles. The van der Waals surface area contributed by atoms with Crippen molar-refractivity contribution in [1.82, 2.24) is 10.3 Å². The van der Waals surface area contributed by atoms with Gasteiger partial charge in [0.05, 0.1) is 5.69 Å². The van der Waals surface area contributed by atoms with Crippen LogP contribution in [0.3, 0.4) is 0 Å². The van der Waals surface area contributed by atoms with Crippen molar-refractivity contribution in [1.29, 1.82) is 0 Å². The summed E-state index contributed by atoms with van der Waals surface area (Å²) in [5, 5.41) is 20.9. The van der Waals surface area contributed by atoms with E-state index in [1.165, 1.54) is 6.07 Å². The van der Waals surface area contributed by atoms with Crippen molar-refractivity contribution in [2.45, 2.75) is 26.3 Å². The molecule has 1 unspecified atom stereocenters. The van der Waals surface area contributed by atoms with Crippen molar-refractivity contribution in [3.8, 4) is 0 Å². The van der Waals surface area contributed by atoms with E-state index in [9.17, 15) is 4.79 Å². The number of aliphatic hydroxyl groups excluding tert-OH is 1. The third kappa shape index (κ3) is 4.81. The van der Waals surface area contributed by atoms with E-state index < -0.39 is 5.97 Å². The number of carboxylic acid groups (broad SMARTS) is 1. The molecule has 0 aliphatic rings. The molecule has 5 nitrogen and oxygen atoms in total. The maximum absolute atomic E-state index is 10.8. The molecule has 5 heteroatoms. The Morgan fingerprint density at radius 1 is 1.50 bits per heavy atom. The van der Waals surface area contributed by atoms with Crippen LogP contribution in [-0.4, -0.2) is 34.3 Å². The lowest BCUT2D eigenvalue weighted by molar-refractivity contribution is 0.0690. The first kappa shape index (κ1) is 14.6. The fourth-order valence-electron chi connectivity index (χ4n) is 1.73. The summed E-state index contributed by atoms with van der Waals surface area (Å²) in [6.45, 7) is 3.64. The summed E-state index contributed by atoms with van der Waals surface area (Å²) >= 11 is 0. The molecule has 18 heavy (non-hydrogen) atoms. The Hall–Kier alpha value is -1.46. The lowest BCUT2D eigenvalue weighted by Crippen LogP contribution is -2.23. The van der Waals surface area contributed by atoms with Crippen molar-refractivity contribution in [3.05, 3.63) is 29.6 Å². The second-order valence-corrected chi connectivity index (χ2v) is 4.24. The summed E-state index contributed by atoms with van der Waals surface area (Å²) < 4.78 is 0. The minimum atomic E-state index is -1.01. The predicted molar refractivity (Wildman–Crippen MR) is 68.4 cm³/mol. The van der Waals surface area contributed by atoms with Gasteiger partial charge in [0, 0.05) is 13.2 Å². The number of nitrogens with one attached hydrogen (secondary N) is 1. The molecule has 0 aliphatic carbocycles. The lowest BCUT2D eigenvalue weighted by Gasteiger charge is -2.14. The fourth-order valence-corrected chi connectivity index (χ4v) is 1.73. The zero-order valence-corrected chi connectivity index (χ0v) is 10.6. The van der Waals surface area contributed by atoms with E-state index in [1.807, 2.05) is 0 Å². The van der Waals surface area contributed by atoms with Crippen molar-refractivity contribution < 1.29 is 15.0 Å². The molecule has 1 aromatic heterocycles. The number of aromatic carboxylic acids is 1. The van der Waals surface area contributed by atoms with Crippen LogP contribution in [0.4, 0.5) is 0 Å². The van der Waals surface area contributed by atoms with Gasteiger partial charge in [-0.1, -0.05) is 19.4 Å². The molecular weight excluding hydrogens is 232 g/mol. The molecule has 0 saturated carbocycles. The zero-order valence-electron chi connectivity index (χ0n) is 10.6. The molecule has 0 aromatic carbocycles. The molecule has 0 spiro atoms. The number of rotatable bonds is 8. The van der Waals surface area contributed by atoms with Crippen molar-refractivity contribution in [3.63, 3.8) is 0 Å². The summed E-state index contributed by atoms with van der Waals surface area (Å²) in [5.41, 5.74) is 0.783. The van der Waals surface area contributed by atoms with E-state index in [1.54, 1.807) is 12.1 Å². The Morgan fingerprint density at radius 2 is 2.28 bits per heavy atom. The second-order valence-electron chi connectivity index (χ2n) is 4.24. The van der Waals surface area contributed by atoms with Crippen LogP contribution in [-0.2, 0) is 6.54 Å². The average molecular weight is 252 g/mol. The molecule has 3 N–H and O–H groups in total. The smallest absolute Gasteiger partial charge is 0.354 e. The molecule has 0 bridgehead atoms. The number of aliphatic hydroxyl groups is 1. The Morgan fingerprint density at radius 3 is 2.89 bits per heavy atom. The second kappa shape index (κ2) is 7.79. The molecule has 0 radical (unpaired) electrons. The Kier molecular flexibility index (Phi) is 6.32. The Labute approximate surface area is 107 Å². The first-order valence-corrected chi connectivity index (χ1v) is 6.18. The summed E-state index contributed by atoms with van der Waals surface area (Å²) in [4.78, 5) is 14.8. The molecule has 1 rings (SSSR count). The summed E-state index contributed by atoms with van der Waals surface area (Å²) in [6, 6.07) is 4.97. The highest BCUT2D eigenvalue weighted by Gasteiger charge is 2.07. The standard InChI is InChI=1S/C13H20N2O3/c1-2-10(6-7-16)8-14-9-11-4-3-5-12(15-11)13(17)18/h3-5,10,14,16H,2,6-9H2,1H3,(H,17,18). The van der Waals surface area contributed by atoms with Crippen LogP contribution in [0.2, 0.25) is 0 Å². The van der Waals surface area contributed by atoms with E-state index in [4.69, 9.17) is 10.2 Å². The number of hydrogen-bond acceptors (Lipinski definition) is 4. The number of nitrogens with zero attached hydrogens (tertiary/aromatic N) is 1. The van der Waals surface area contributed by atoms with Gasteiger partial charge in [-0.3, -0.25) is 0 Å². The first-order chi connectivity index (χ1) is 8.67. The number of hydrogen-bond donors (Lipinski definition) is 3. The minimum absolute atomic E-state index is 0.0664. The van der Waals surface area contributed by atoms with Crippen LogP contribution >= 0.6 is 0 Å². The van der Waals surface area contributed by atoms with Gasteiger partial charge in [-0.25, -0.2) is 9.78 Å². The topological polar surface area (TPSA) is 82.5 Å². The van der Waals surface area contributed by atoms with E-state index in [0.717, 1.165) is 19.4 Å². The van der Waals surface area contributed by atoms with Crippen molar-refractivity contribution in [2.75, 3.05) is 13.2 Å². The van der Waals surface area contributed by atoms with Crippen molar-refractivity contribution >= 4 is 5.97 Å². The van der Waals surface area contributed by atoms with Gasteiger partial charge >= 0.3 is 5.97 Å². The molecule has 1 heterocycles. The van der Waals surface area contributed by atoms with E-state index >= 15 is 0 Å².